The van der Waals surface area contributed by atoms with Crippen molar-refractivity contribution in [1.82, 2.24) is 0 Å². The molecule has 1 rings (SSSR count). The van der Waals surface area contributed by atoms with E-state index in [9.17, 15) is 24.0 Å². The molecule has 0 radical (unpaired) electrons. The smallest absolute Gasteiger partial charge is 0.367 e. The minimum atomic E-state index is -5.30. The lowest BCUT2D eigenvalue weighted by atomic mass is 9.85. The highest BCUT2D eigenvalue weighted by Gasteiger charge is 2.70. The van der Waals surface area contributed by atoms with Crippen LogP contribution in [0.3, 0.4) is 0 Å². The molecule has 0 saturated carbocycles. The van der Waals surface area contributed by atoms with E-state index in [0.717, 1.165) is 17.8 Å². The zero-order valence-electron chi connectivity index (χ0n) is 12.6. The van der Waals surface area contributed by atoms with Crippen LogP contribution in [0.2, 0.25) is 0 Å². The Morgan fingerprint density at radius 2 is 1.64 bits per heavy atom. The van der Waals surface area contributed by atoms with Crippen LogP contribution in [0.4, 0.5) is 0 Å². The van der Waals surface area contributed by atoms with Crippen LogP contribution in [-0.4, -0.2) is 34.2 Å². The molecule has 7 nitrogen and oxygen atoms in total. The van der Waals surface area contributed by atoms with Crippen LogP contribution >= 0.6 is 37.8 Å². The molecule has 0 aromatic heterocycles. The number of rotatable bonds is 6. The predicted octanol–water partition coefficient (Wildman–Crippen LogP) is 2.88. The first-order valence-electron chi connectivity index (χ1n) is 6.13. The van der Waals surface area contributed by atoms with E-state index in [1.807, 2.05) is 22.6 Å². The van der Waals surface area contributed by atoms with E-state index in [-0.39, 0.29) is 0 Å². The molecule has 3 N–H and O–H groups in total. The maximum atomic E-state index is 12.7. The Hall–Kier alpha value is 0.210. The van der Waals surface area contributed by atoms with Gasteiger partial charge in [-0.1, -0.05) is 26.0 Å². The van der Waals surface area contributed by atoms with Gasteiger partial charge in [0.25, 0.3) is 5.08 Å². The Balaban J connectivity index is 3.73. The molecule has 10 heteroatoms. The van der Waals surface area contributed by atoms with Crippen LogP contribution in [0.15, 0.2) is 24.3 Å². The van der Waals surface area contributed by atoms with Crippen LogP contribution in [0, 0.1) is 3.57 Å². The maximum absolute atomic E-state index is 12.7. The quantitative estimate of drug-likeness (QED) is 0.439. The first-order valence-corrected chi connectivity index (χ1v) is 10.4. The molecule has 0 aliphatic carbocycles. The minimum absolute atomic E-state index is 0.388. The molecule has 0 heterocycles. The van der Waals surface area contributed by atoms with Gasteiger partial charge >= 0.3 is 15.2 Å². The van der Waals surface area contributed by atoms with Gasteiger partial charge in [0.1, 0.15) is 0 Å². The van der Waals surface area contributed by atoms with Gasteiger partial charge in [-0.2, -0.15) is 0 Å². The third kappa shape index (κ3) is 3.08. The largest absolute Gasteiger partial charge is 0.374 e. The average molecular weight is 464 g/mol. The summed E-state index contributed by atoms with van der Waals surface area (Å²) in [4.78, 5) is 19.5. The number of hydrogen-bond acceptors (Lipinski definition) is 5. The minimum Gasteiger partial charge on any atom is -0.367 e. The predicted molar refractivity (Wildman–Crippen MR) is 90.8 cm³/mol. The van der Waals surface area contributed by atoms with E-state index in [2.05, 4.69) is 0 Å². The van der Waals surface area contributed by atoms with Gasteiger partial charge in [-0.15, -0.1) is 0 Å². The second-order valence-corrected chi connectivity index (χ2v) is 10.9. The Morgan fingerprint density at radius 1 is 1.14 bits per heavy atom. The lowest BCUT2D eigenvalue weighted by Crippen LogP contribution is -2.48. The highest BCUT2D eigenvalue weighted by Crippen LogP contribution is 2.77. The average Bonchev–Trinajstić information content (AvgIpc) is 2.44. The fraction of sp³-hybridized carbons (Fsp3) is 0.500. The van der Waals surface area contributed by atoms with Crippen molar-refractivity contribution in [3.05, 3.63) is 33.4 Å². The maximum Gasteiger partial charge on any atom is 0.374 e. The summed E-state index contributed by atoms with van der Waals surface area (Å²) in [5.41, 5.74) is -1.23. The Morgan fingerprint density at radius 3 is 2.00 bits per heavy atom. The fourth-order valence-electron chi connectivity index (χ4n) is 2.27. The van der Waals surface area contributed by atoms with Crippen molar-refractivity contribution in [3.63, 3.8) is 0 Å². The van der Waals surface area contributed by atoms with E-state index >= 15 is 0 Å². The van der Waals surface area contributed by atoms with Gasteiger partial charge in [0.2, 0.25) is 0 Å². The SMILES string of the molecule is COP(=O)(OC)C(O)(C(C)(C)c1cccc(I)c1)P(=O)(O)O. The number of halogens is 1. The van der Waals surface area contributed by atoms with E-state index in [0.29, 0.717) is 5.56 Å². The van der Waals surface area contributed by atoms with Crippen molar-refractivity contribution >= 4 is 37.8 Å². The summed E-state index contributed by atoms with van der Waals surface area (Å²) in [6, 6.07) is 6.67. The first-order chi connectivity index (χ1) is 9.87. The zero-order valence-corrected chi connectivity index (χ0v) is 16.5. The van der Waals surface area contributed by atoms with Gasteiger partial charge in [-0.05, 0) is 40.3 Å². The molecule has 0 bridgehead atoms. The van der Waals surface area contributed by atoms with Gasteiger partial charge in [0.05, 0.1) is 0 Å². The van der Waals surface area contributed by atoms with Gasteiger partial charge in [-0.25, -0.2) is 0 Å². The Bertz CT molecular complexity index is 634. The topological polar surface area (TPSA) is 113 Å². The molecule has 0 spiro atoms. The van der Waals surface area contributed by atoms with Gasteiger partial charge < -0.3 is 23.9 Å². The molecule has 0 fully saturated rings. The molecule has 1 aromatic carbocycles. The van der Waals surface area contributed by atoms with E-state index in [1.165, 1.54) is 13.8 Å². The third-order valence-electron chi connectivity index (χ3n) is 3.65. The van der Waals surface area contributed by atoms with Crippen molar-refractivity contribution in [2.24, 2.45) is 0 Å². The lowest BCUT2D eigenvalue weighted by Gasteiger charge is -2.44. The third-order valence-corrected chi connectivity index (χ3v) is 9.50. The first kappa shape index (κ1) is 20.3. The molecule has 1 aromatic rings. The highest BCUT2D eigenvalue weighted by molar-refractivity contribution is 14.1. The summed E-state index contributed by atoms with van der Waals surface area (Å²) in [6.45, 7) is 2.75. The number of benzene rings is 1. The zero-order chi connectivity index (χ0) is 17.4. The van der Waals surface area contributed by atoms with Gasteiger partial charge in [0, 0.05) is 23.2 Å². The summed E-state index contributed by atoms with van der Waals surface area (Å²) >= 11 is 2.03. The lowest BCUT2D eigenvalue weighted by molar-refractivity contribution is 0.0623. The second kappa shape index (κ2) is 6.61. The summed E-state index contributed by atoms with van der Waals surface area (Å²) in [7, 11) is -7.91. The monoisotopic (exact) mass is 464 g/mol. The van der Waals surface area contributed by atoms with Crippen molar-refractivity contribution in [2.75, 3.05) is 14.2 Å². The summed E-state index contributed by atoms with van der Waals surface area (Å²) in [5, 5.41) is 7.82. The molecule has 126 valence electrons. The van der Waals surface area contributed by atoms with Crippen LogP contribution in [0.25, 0.3) is 0 Å². The fourth-order valence-corrected chi connectivity index (χ4v) is 6.90. The second-order valence-electron chi connectivity index (χ2n) is 5.18. The summed E-state index contributed by atoms with van der Waals surface area (Å²) < 4.78 is 35.0. The normalized spacial score (nSPS) is 16.4. The molecular formula is C12H19IO7P2. The summed E-state index contributed by atoms with van der Waals surface area (Å²) in [6.07, 6.45) is 0. The molecule has 0 aliphatic heterocycles. The van der Waals surface area contributed by atoms with Crippen molar-refractivity contribution in [3.8, 4) is 0 Å². The van der Waals surface area contributed by atoms with Crippen LogP contribution in [0.5, 0.6) is 0 Å². The van der Waals surface area contributed by atoms with E-state index in [1.54, 1.807) is 24.3 Å². The van der Waals surface area contributed by atoms with Crippen molar-refractivity contribution in [2.45, 2.75) is 24.3 Å². The number of hydrogen-bond donors (Lipinski definition) is 3. The van der Waals surface area contributed by atoms with Gasteiger partial charge in [-0.3, -0.25) is 9.13 Å². The van der Waals surface area contributed by atoms with E-state index < -0.39 is 25.7 Å². The molecule has 0 aliphatic rings. The molecule has 0 saturated heterocycles. The van der Waals surface area contributed by atoms with Crippen molar-refractivity contribution < 1.29 is 33.1 Å². The Labute approximate surface area is 142 Å². The molecule has 1 unspecified atom stereocenters. The van der Waals surface area contributed by atoms with Crippen LogP contribution in [0.1, 0.15) is 19.4 Å². The molecule has 22 heavy (non-hydrogen) atoms. The molecular weight excluding hydrogens is 445 g/mol. The van der Waals surface area contributed by atoms with Gasteiger partial charge in [0.15, 0.2) is 0 Å². The molecule has 0 amide bonds. The van der Waals surface area contributed by atoms with Crippen LogP contribution < -0.4 is 0 Å². The number of aliphatic hydroxyl groups is 1. The Kier molecular flexibility index (Phi) is 6.08. The highest BCUT2D eigenvalue weighted by atomic mass is 127. The summed E-state index contributed by atoms with van der Waals surface area (Å²) in [5.74, 6) is 0. The van der Waals surface area contributed by atoms with E-state index in [4.69, 9.17) is 9.05 Å². The van der Waals surface area contributed by atoms with Crippen LogP contribution in [-0.2, 0) is 23.6 Å². The van der Waals surface area contributed by atoms with Crippen molar-refractivity contribution in [1.29, 1.82) is 0 Å². The molecule has 1 atom stereocenters. The standard InChI is InChI=1S/C12H19IO7P2/c1-11(2,9-6-5-7-10(13)8-9)12(14,21(15,16)17)22(18,19-3)20-4/h5-8,14H,1-4H3,(H2,15,16,17).